The second-order valence-corrected chi connectivity index (χ2v) is 11.1. The van der Waals surface area contributed by atoms with Gasteiger partial charge in [0.25, 0.3) is 5.91 Å². The Hall–Kier alpha value is -3.89. The second-order valence-electron chi connectivity index (χ2n) is 8.87. The van der Waals surface area contributed by atoms with Gasteiger partial charge in [0, 0.05) is 40.8 Å². The van der Waals surface area contributed by atoms with Gasteiger partial charge in [-0.15, -0.1) is 0 Å². The van der Waals surface area contributed by atoms with E-state index in [9.17, 15) is 17.6 Å². The third-order valence-electron chi connectivity index (χ3n) is 6.17. The number of hydrogen-bond donors (Lipinski definition) is 1. The summed E-state index contributed by atoms with van der Waals surface area (Å²) in [5.74, 6) is -0.0229. The minimum atomic E-state index is -3.71. The molecule has 2 heterocycles. The first kappa shape index (κ1) is 25.7. The third-order valence-corrected chi connectivity index (χ3v) is 6.98. The highest BCUT2D eigenvalue weighted by Crippen LogP contribution is 2.44. The molecule has 1 aliphatic heterocycles. The Morgan fingerprint density at radius 1 is 1.16 bits per heavy atom. The maximum atomic E-state index is 14.5. The van der Waals surface area contributed by atoms with Gasteiger partial charge in [-0.05, 0) is 48.0 Å². The SMILES string of the molecule is COc1ccc(COc2c3c(c(NS(C)(=O)=O)c4cccnc24)CN(Cc2cc(Cl)ccc2F)C3=O)cc1. The number of carbonyl (C=O) groups excluding carboxylic acids is 1. The molecule has 1 amide bonds. The fourth-order valence-corrected chi connectivity index (χ4v) is 5.25. The number of pyridine rings is 1. The molecule has 3 aromatic carbocycles. The molecule has 0 fully saturated rings. The van der Waals surface area contributed by atoms with Crippen molar-refractivity contribution in [2.75, 3.05) is 18.1 Å². The van der Waals surface area contributed by atoms with Gasteiger partial charge in [0.05, 0.1) is 24.6 Å². The molecule has 11 heteroatoms. The zero-order chi connectivity index (χ0) is 27.0. The van der Waals surface area contributed by atoms with Crippen molar-refractivity contribution < 1.29 is 27.1 Å². The second kappa shape index (κ2) is 10.1. The lowest BCUT2D eigenvalue weighted by molar-refractivity contribution is 0.0762. The van der Waals surface area contributed by atoms with E-state index in [1.54, 1.807) is 31.4 Å². The van der Waals surface area contributed by atoms with Crippen LogP contribution >= 0.6 is 11.6 Å². The van der Waals surface area contributed by atoms with Gasteiger partial charge >= 0.3 is 0 Å². The summed E-state index contributed by atoms with van der Waals surface area (Å²) < 4.78 is 53.1. The fourth-order valence-electron chi connectivity index (χ4n) is 4.45. The fraction of sp³-hybridized carbons (Fsp3) is 0.185. The van der Waals surface area contributed by atoms with E-state index >= 15 is 0 Å². The Kier molecular flexibility index (Phi) is 6.85. The number of hydrogen-bond acceptors (Lipinski definition) is 6. The highest BCUT2D eigenvalue weighted by atomic mass is 35.5. The standard InChI is InChI=1S/C27H23ClFN3O5S/c1-36-19-8-5-16(6-9-19)15-37-26-23-21(24(31-38(2,34)35)20-4-3-11-30-25(20)26)14-32(27(23)33)13-17-12-18(28)7-10-22(17)29/h3-12,31H,13-15H2,1-2H3. The van der Waals surface area contributed by atoms with Gasteiger partial charge in [-0.1, -0.05) is 23.7 Å². The number of methoxy groups -OCH3 is 1. The van der Waals surface area contributed by atoms with Gasteiger partial charge in [-0.25, -0.2) is 12.8 Å². The molecule has 0 unspecified atom stereocenters. The summed E-state index contributed by atoms with van der Waals surface area (Å²) in [6, 6.07) is 14.8. The van der Waals surface area contributed by atoms with E-state index in [2.05, 4.69) is 9.71 Å². The Labute approximate surface area is 224 Å². The summed E-state index contributed by atoms with van der Waals surface area (Å²) in [5, 5.41) is 0.813. The smallest absolute Gasteiger partial charge is 0.258 e. The molecule has 0 aliphatic carbocycles. The van der Waals surface area contributed by atoms with Crippen LogP contribution in [0.2, 0.25) is 5.02 Å². The molecule has 0 bridgehead atoms. The van der Waals surface area contributed by atoms with E-state index in [4.69, 9.17) is 21.1 Å². The largest absolute Gasteiger partial charge is 0.497 e. The normalized spacial score (nSPS) is 13.1. The number of benzene rings is 3. The van der Waals surface area contributed by atoms with Crippen molar-refractivity contribution in [3.8, 4) is 11.5 Å². The molecule has 196 valence electrons. The van der Waals surface area contributed by atoms with Crippen molar-refractivity contribution in [3.63, 3.8) is 0 Å². The van der Waals surface area contributed by atoms with Crippen LogP contribution in [0.5, 0.6) is 11.5 Å². The van der Waals surface area contributed by atoms with E-state index < -0.39 is 21.7 Å². The van der Waals surface area contributed by atoms with Gasteiger partial charge in [0.2, 0.25) is 10.0 Å². The summed E-state index contributed by atoms with van der Waals surface area (Å²) in [7, 11) is -2.13. The van der Waals surface area contributed by atoms with Crippen molar-refractivity contribution in [2.24, 2.45) is 0 Å². The number of sulfonamides is 1. The highest BCUT2D eigenvalue weighted by Gasteiger charge is 2.36. The molecule has 1 N–H and O–H groups in total. The quantitative estimate of drug-likeness (QED) is 0.323. The molecule has 38 heavy (non-hydrogen) atoms. The van der Waals surface area contributed by atoms with Gasteiger partial charge in [-0.3, -0.25) is 14.5 Å². The monoisotopic (exact) mass is 555 g/mol. The van der Waals surface area contributed by atoms with Crippen LogP contribution in [0, 0.1) is 5.82 Å². The summed E-state index contributed by atoms with van der Waals surface area (Å²) in [5.41, 5.74) is 2.23. The Balaban J connectivity index is 1.61. The van der Waals surface area contributed by atoms with E-state index in [0.717, 1.165) is 11.8 Å². The average molecular weight is 556 g/mol. The average Bonchev–Trinajstić information content (AvgIpc) is 3.21. The number of ether oxygens (including phenoxy) is 2. The van der Waals surface area contributed by atoms with Crippen molar-refractivity contribution in [2.45, 2.75) is 19.7 Å². The molecule has 1 aliphatic rings. The number of amides is 1. The van der Waals surface area contributed by atoms with Gasteiger partial charge in [-0.2, -0.15) is 0 Å². The van der Waals surface area contributed by atoms with Crippen molar-refractivity contribution in [1.29, 1.82) is 0 Å². The van der Waals surface area contributed by atoms with Crippen LogP contribution < -0.4 is 14.2 Å². The van der Waals surface area contributed by atoms with Crippen LogP contribution in [0.25, 0.3) is 10.9 Å². The van der Waals surface area contributed by atoms with Gasteiger partial charge in [0.1, 0.15) is 23.7 Å². The predicted octanol–water partition coefficient (Wildman–Crippen LogP) is 5.14. The number of halogens is 2. The van der Waals surface area contributed by atoms with Crippen molar-refractivity contribution >= 4 is 44.1 Å². The maximum absolute atomic E-state index is 14.5. The highest BCUT2D eigenvalue weighted by molar-refractivity contribution is 7.92. The Morgan fingerprint density at radius 2 is 1.92 bits per heavy atom. The first-order valence-corrected chi connectivity index (χ1v) is 13.8. The minimum absolute atomic E-state index is 0.0295. The molecule has 8 nitrogen and oxygen atoms in total. The molecular weight excluding hydrogens is 533 g/mol. The lowest BCUT2D eigenvalue weighted by atomic mass is 10.0. The van der Waals surface area contributed by atoms with Crippen molar-refractivity contribution in [3.05, 3.63) is 93.9 Å². The summed E-state index contributed by atoms with van der Waals surface area (Å²) in [6.07, 6.45) is 2.57. The van der Waals surface area contributed by atoms with E-state index in [0.29, 0.717) is 27.2 Å². The van der Waals surface area contributed by atoms with Gasteiger partial charge in [0.15, 0.2) is 5.75 Å². The molecular formula is C27H23ClFN3O5S. The van der Waals surface area contributed by atoms with E-state index in [1.807, 2.05) is 12.1 Å². The Morgan fingerprint density at radius 3 is 2.63 bits per heavy atom. The van der Waals surface area contributed by atoms with E-state index in [1.165, 1.54) is 29.3 Å². The molecule has 4 aromatic rings. The van der Waals surface area contributed by atoms with Crippen molar-refractivity contribution in [1.82, 2.24) is 9.88 Å². The van der Waals surface area contributed by atoms with Crippen LogP contribution in [0.3, 0.4) is 0 Å². The maximum Gasteiger partial charge on any atom is 0.258 e. The summed E-state index contributed by atoms with van der Waals surface area (Å²) in [4.78, 5) is 19.6. The minimum Gasteiger partial charge on any atom is -0.497 e. The molecule has 0 saturated heterocycles. The number of rotatable bonds is 8. The summed E-state index contributed by atoms with van der Waals surface area (Å²) >= 11 is 6.06. The van der Waals surface area contributed by atoms with Crippen LogP contribution in [0.4, 0.5) is 10.1 Å². The number of carbonyl (C=O) groups is 1. The molecule has 0 saturated carbocycles. The molecule has 5 rings (SSSR count). The number of aromatic nitrogens is 1. The predicted molar refractivity (Wildman–Crippen MR) is 143 cm³/mol. The van der Waals surface area contributed by atoms with E-state index in [-0.39, 0.29) is 42.3 Å². The number of nitrogens with one attached hydrogen (secondary N) is 1. The molecule has 0 radical (unpaired) electrons. The molecule has 0 atom stereocenters. The topological polar surface area (TPSA) is 97.8 Å². The first-order chi connectivity index (χ1) is 18.1. The Bertz CT molecular complexity index is 1660. The zero-order valence-corrected chi connectivity index (χ0v) is 22.1. The van der Waals surface area contributed by atoms with Gasteiger partial charge < -0.3 is 14.4 Å². The zero-order valence-electron chi connectivity index (χ0n) is 20.5. The number of fused-ring (bicyclic) bond motifs is 2. The number of anilines is 1. The first-order valence-electron chi connectivity index (χ1n) is 11.5. The summed E-state index contributed by atoms with van der Waals surface area (Å²) in [6.45, 7) is 0.0821. The molecule has 0 spiro atoms. The lowest BCUT2D eigenvalue weighted by Gasteiger charge is -2.17. The van der Waals surface area contributed by atoms with Crippen LogP contribution in [0.1, 0.15) is 27.0 Å². The molecule has 1 aromatic heterocycles. The van der Waals surface area contributed by atoms with Crippen LogP contribution in [-0.2, 0) is 29.7 Å². The number of nitrogens with zero attached hydrogens (tertiary/aromatic N) is 2. The third kappa shape index (κ3) is 5.09. The lowest BCUT2D eigenvalue weighted by Crippen LogP contribution is -2.24. The van der Waals surface area contributed by atoms with Crippen LogP contribution in [-0.4, -0.2) is 37.6 Å². The van der Waals surface area contributed by atoms with Crippen LogP contribution in [0.15, 0.2) is 60.8 Å².